The molecule has 1 aromatic heterocycles. The summed E-state index contributed by atoms with van der Waals surface area (Å²) in [5.41, 5.74) is 6.10. The minimum absolute atomic E-state index is 0.485. The van der Waals surface area contributed by atoms with Gasteiger partial charge in [0.1, 0.15) is 5.84 Å². The van der Waals surface area contributed by atoms with Gasteiger partial charge in [-0.25, -0.2) is 4.99 Å². The fourth-order valence-corrected chi connectivity index (χ4v) is 1.19. The molecule has 2 N–H and O–H groups in total. The summed E-state index contributed by atoms with van der Waals surface area (Å²) in [4.78, 5) is 12.3. The van der Waals surface area contributed by atoms with Crippen molar-refractivity contribution >= 4 is 23.8 Å². The molecule has 1 rings (SSSR count). The molecule has 0 saturated carbocycles. The van der Waals surface area contributed by atoms with Crippen LogP contribution in [-0.4, -0.2) is 23.0 Å². The average Bonchev–Trinajstić information content (AvgIpc) is 2.28. The Morgan fingerprint density at radius 3 is 3.00 bits per heavy atom. The standard InChI is InChI=1S/C10H13ClN4/c11-5-4-10(15-8-12)14-7-9-3-1-2-6-13-9/h1-3,6,8H,4-5,7H2,(H2,12,14,15). The summed E-state index contributed by atoms with van der Waals surface area (Å²) in [5.74, 6) is 1.14. The van der Waals surface area contributed by atoms with Crippen molar-refractivity contribution in [2.45, 2.75) is 13.0 Å². The van der Waals surface area contributed by atoms with Crippen LogP contribution in [0, 0.1) is 0 Å². The van der Waals surface area contributed by atoms with Crippen LogP contribution in [0.4, 0.5) is 0 Å². The average molecular weight is 225 g/mol. The number of aromatic nitrogens is 1. The molecule has 0 aromatic carbocycles. The minimum atomic E-state index is 0.485. The topological polar surface area (TPSA) is 63.6 Å². The van der Waals surface area contributed by atoms with Crippen molar-refractivity contribution in [3.05, 3.63) is 30.1 Å². The minimum Gasteiger partial charge on any atom is -0.390 e. The van der Waals surface area contributed by atoms with E-state index in [9.17, 15) is 0 Å². The van der Waals surface area contributed by atoms with Gasteiger partial charge in [-0.1, -0.05) is 6.07 Å². The number of halogens is 1. The lowest BCUT2D eigenvalue weighted by Gasteiger charge is -1.98. The molecular formula is C10H13ClN4. The van der Waals surface area contributed by atoms with Crippen LogP contribution in [0.5, 0.6) is 0 Å². The summed E-state index contributed by atoms with van der Waals surface area (Å²) in [6.45, 7) is 0.504. The summed E-state index contributed by atoms with van der Waals surface area (Å²) in [7, 11) is 0. The number of nitrogens with two attached hydrogens (primary N) is 1. The van der Waals surface area contributed by atoms with E-state index in [0.717, 1.165) is 5.69 Å². The third kappa shape index (κ3) is 4.56. The Morgan fingerprint density at radius 1 is 1.53 bits per heavy atom. The quantitative estimate of drug-likeness (QED) is 0.480. The summed E-state index contributed by atoms with van der Waals surface area (Å²) >= 11 is 5.60. The van der Waals surface area contributed by atoms with Crippen molar-refractivity contribution in [2.75, 3.05) is 5.88 Å². The Labute approximate surface area is 93.9 Å². The van der Waals surface area contributed by atoms with Crippen LogP contribution in [0.15, 0.2) is 34.4 Å². The van der Waals surface area contributed by atoms with Crippen molar-refractivity contribution in [1.29, 1.82) is 0 Å². The predicted octanol–water partition coefficient (Wildman–Crippen LogP) is 1.60. The van der Waals surface area contributed by atoms with Crippen molar-refractivity contribution in [2.24, 2.45) is 15.7 Å². The Kier molecular flexibility index (Phi) is 5.40. The van der Waals surface area contributed by atoms with E-state index in [0.29, 0.717) is 24.7 Å². The van der Waals surface area contributed by atoms with E-state index in [1.54, 1.807) is 6.20 Å². The molecule has 0 fully saturated rings. The second-order valence-electron chi connectivity index (χ2n) is 2.77. The monoisotopic (exact) mass is 224 g/mol. The zero-order chi connectivity index (χ0) is 10.9. The summed E-state index contributed by atoms with van der Waals surface area (Å²) in [6.07, 6.45) is 3.57. The molecular weight excluding hydrogens is 212 g/mol. The van der Waals surface area contributed by atoms with Crippen LogP contribution in [0.2, 0.25) is 0 Å². The number of rotatable bonds is 4. The van der Waals surface area contributed by atoms with E-state index in [1.165, 1.54) is 6.34 Å². The van der Waals surface area contributed by atoms with Gasteiger partial charge in [0.05, 0.1) is 18.6 Å². The largest absolute Gasteiger partial charge is 0.390 e. The van der Waals surface area contributed by atoms with E-state index in [2.05, 4.69) is 15.0 Å². The number of hydrogen-bond acceptors (Lipinski definition) is 2. The summed E-state index contributed by atoms with van der Waals surface area (Å²) in [5, 5.41) is 0. The fraction of sp³-hybridized carbons (Fsp3) is 0.300. The molecule has 0 bridgehead atoms. The molecule has 15 heavy (non-hydrogen) atoms. The number of hydrogen-bond donors (Lipinski definition) is 1. The first-order valence-corrected chi connectivity index (χ1v) is 5.13. The smallest absolute Gasteiger partial charge is 0.126 e. The molecule has 0 radical (unpaired) electrons. The number of amidine groups is 1. The first-order valence-electron chi connectivity index (χ1n) is 4.60. The molecule has 0 atom stereocenters. The van der Waals surface area contributed by atoms with Gasteiger partial charge in [-0.2, -0.15) is 0 Å². The van der Waals surface area contributed by atoms with Gasteiger partial charge in [-0.05, 0) is 12.1 Å². The molecule has 4 nitrogen and oxygen atoms in total. The summed E-state index contributed by atoms with van der Waals surface area (Å²) < 4.78 is 0. The maximum absolute atomic E-state index is 5.60. The van der Waals surface area contributed by atoms with E-state index in [4.69, 9.17) is 17.3 Å². The van der Waals surface area contributed by atoms with Crippen LogP contribution >= 0.6 is 11.6 Å². The second kappa shape index (κ2) is 6.95. The third-order valence-electron chi connectivity index (χ3n) is 1.69. The van der Waals surface area contributed by atoms with Crippen LogP contribution < -0.4 is 5.73 Å². The highest BCUT2D eigenvalue weighted by Gasteiger charge is 1.95. The molecule has 0 amide bonds. The maximum atomic E-state index is 5.60. The van der Waals surface area contributed by atoms with Gasteiger partial charge in [-0.3, -0.25) is 9.98 Å². The highest BCUT2D eigenvalue weighted by atomic mass is 35.5. The van der Waals surface area contributed by atoms with Crippen molar-refractivity contribution in [3.8, 4) is 0 Å². The lowest BCUT2D eigenvalue weighted by Crippen LogP contribution is -2.01. The molecule has 0 aliphatic rings. The van der Waals surface area contributed by atoms with Gasteiger partial charge in [0.15, 0.2) is 0 Å². The third-order valence-corrected chi connectivity index (χ3v) is 1.88. The van der Waals surface area contributed by atoms with Gasteiger partial charge in [0.2, 0.25) is 0 Å². The normalized spacial score (nSPS) is 12.2. The number of alkyl halides is 1. The molecule has 1 aromatic rings. The fourth-order valence-electron chi connectivity index (χ4n) is 1.02. The molecule has 0 aliphatic heterocycles. The lowest BCUT2D eigenvalue weighted by molar-refractivity contribution is 0.975. The van der Waals surface area contributed by atoms with Crippen molar-refractivity contribution < 1.29 is 0 Å². The molecule has 0 unspecified atom stereocenters. The molecule has 80 valence electrons. The van der Waals surface area contributed by atoms with Gasteiger partial charge in [0.25, 0.3) is 0 Å². The van der Waals surface area contributed by atoms with Crippen LogP contribution in [0.25, 0.3) is 0 Å². The van der Waals surface area contributed by atoms with Crippen molar-refractivity contribution in [1.82, 2.24) is 4.98 Å². The van der Waals surface area contributed by atoms with Gasteiger partial charge < -0.3 is 5.73 Å². The number of pyridine rings is 1. The number of aliphatic imine (C=N–C) groups is 2. The van der Waals surface area contributed by atoms with Crippen molar-refractivity contribution in [3.63, 3.8) is 0 Å². The van der Waals surface area contributed by atoms with E-state index >= 15 is 0 Å². The predicted molar refractivity (Wildman–Crippen MR) is 63.4 cm³/mol. The highest BCUT2D eigenvalue weighted by Crippen LogP contribution is 1.99. The van der Waals surface area contributed by atoms with Gasteiger partial charge in [0, 0.05) is 18.5 Å². The Hall–Kier alpha value is -1.42. The van der Waals surface area contributed by atoms with Crippen LogP contribution in [0.1, 0.15) is 12.1 Å². The number of nitrogens with zero attached hydrogens (tertiary/aromatic N) is 3. The molecule has 0 aliphatic carbocycles. The second-order valence-corrected chi connectivity index (χ2v) is 3.15. The van der Waals surface area contributed by atoms with E-state index < -0.39 is 0 Å². The van der Waals surface area contributed by atoms with Crippen LogP contribution in [-0.2, 0) is 6.54 Å². The maximum Gasteiger partial charge on any atom is 0.126 e. The Bertz CT molecular complexity index is 335. The molecule has 0 spiro atoms. The van der Waals surface area contributed by atoms with Gasteiger partial charge in [-0.15, -0.1) is 11.6 Å². The first kappa shape index (κ1) is 11.7. The highest BCUT2D eigenvalue weighted by molar-refractivity contribution is 6.19. The molecule has 0 saturated heterocycles. The molecule has 5 heteroatoms. The molecule has 1 heterocycles. The zero-order valence-electron chi connectivity index (χ0n) is 8.31. The first-order chi connectivity index (χ1) is 7.36. The zero-order valence-corrected chi connectivity index (χ0v) is 9.06. The SMILES string of the molecule is NC=NC(CCCl)=NCc1ccccn1. The lowest BCUT2D eigenvalue weighted by atomic mass is 10.3. The summed E-state index contributed by atoms with van der Waals surface area (Å²) in [6, 6.07) is 5.70. The Morgan fingerprint density at radius 2 is 2.40 bits per heavy atom. The van der Waals surface area contributed by atoms with E-state index in [1.807, 2.05) is 18.2 Å². The van der Waals surface area contributed by atoms with Gasteiger partial charge >= 0.3 is 0 Å². The van der Waals surface area contributed by atoms with Crippen LogP contribution in [0.3, 0.4) is 0 Å². The van der Waals surface area contributed by atoms with E-state index in [-0.39, 0.29) is 0 Å². The Balaban J connectivity index is 2.61.